The van der Waals surface area contributed by atoms with Gasteiger partial charge in [-0.2, -0.15) is 0 Å². The molecule has 1 amide bonds. The highest BCUT2D eigenvalue weighted by molar-refractivity contribution is 5.93. The van der Waals surface area contributed by atoms with Gasteiger partial charge in [-0.15, -0.1) is 0 Å². The second-order valence-corrected chi connectivity index (χ2v) is 5.83. The third-order valence-corrected chi connectivity index (χ3v) is 4.64. The Bertz CT molecular complexity index is 468. The first-order valence-corrected chi connectivity index (χ1v) is 7.24. The molecule has 2 aliphatic heterocycles. The van der Waals surface area contributed by atoms with Crippen molar-refractivity contribution in [2.75, 3.05) is 20.1 Å². The predicted octanol–water partition coefficient (Wildman–Crippen LogP) is 2.29. The fourth-order valence-corrected chi connectivity index (χ4v) is 3.59. The monoisotopic (exact) mass is 262 g/mol. The van der Waals surface area contributed by atoms with Crippen LogP contribution in [-0.4, -0.2) is 47.9 Å². The maximum atomic E-state index is 12.6. The first-order chi connectivity index (χ1) is 9.18. The molecule has 2 saturated heterocycles. The van der Waals surface area contributed by atoms with Crippen LogP contribution in [0.2, 0.25) is 0 Å². The van der Waals surface area contributed by atoms with Crippen molar-refractivity contribution in [3.05, 3.63) is 23.7 Å². The number of nitrogens with zero attached hydrogens (tertiary/aromatic N) is 2. The van der Waals surface area contributed by atoms with Crippen LogP contribution in [0.3, 0.4) is 0 Å². The van der Waals surface area contributed by atoms with Gasteiger partial charge in [-0.1, -0.05) is 0 Å². The lowest BCUT2D eigenvalue weighted by molar-refractivity contribution is 0.0632. The number of likely N-dealkylation sites (tertiary alicyclic amines) is 2. The summed E-state index contributed by atoms with van der Waals surface area (Å²) in [5.41, 5.74) is 0.940. The third kappa shape index (κ3) is 2.18. The maximum absolute atomic E-state index is 12.6. The first-order valence-electron chi connectivity index (χ1n) is 7.24. The number of likely N-dealkylation sites (N-methyl/N-ethyl adjacent to an activating group) is 1. The highest BCUT2D eigenvalue weighted by Gasteiger charge is 2.39. The molecule has 0 radical (unpaired) electrons. The van der Waals surface area contributed by atoms with Crippen molar-refractivity contribution in [3.8, 4) is 0 Å². The second-order valence-electron chi connectivity index (χ2n) is 5.83. The van der Waals surface area contributed by atoms with Crippen molar-refractivity contribution in [2.24, 2.45) is 0 Å². The van der Waals surface area contributed by atoms with Crippen LogP contribution >= 0.6 is 0 Å². The van der Waals surface area contributed by atoms with E-state index >= 15 is 0 Å². The van der Waals surface area contributed by atoms with E-state index in [1.807, 2.05) is 17.9 Å². The van der Waals surface area contributed by atoms with Gasteiger partial charge in [-0.05, 0) is 52.3 Å². The summed E-state index contributed by atoms with van der Waals surface area (Å²) in [5, 5.41) is 0. The zero-order valence-electron chi connectivity index (χ0n) is 11.8. The zero-order chi connectivity index (χ0) is 13.4. The molecule has 0 saturated carbocycles. The number of rotatable bonds is 2. The van der Waals surface area contributed by atoms with Crippen LogP contribution in [0.15, 0.2) is 16.7 Å². The van der Waals surface area contributed by atoms with Gasteiger partial charge < -0.3 is 14.2 Å². The average Bonchev–Trinajstić information content (AvgIpc) is 3.07. The molecule has 0 aliphatic carbocycles. The van der Waals surface area contributed by atoms with Crippen molar-refractivity contribution in [2.45, 2.75) is 44.7 Å². The molecule has 104 valence electrons. The van der Waals surface area contributed by atoms with Crippen LogP contribution in [0, 0.1) is 6.92 Å². The van der Waals surface area contributed by atoms with Gasteiger partial charge >= 0.3 is 0 Å². The summed E-state index contributed by atoms with van der Waals surface area (Å²) in [4.78, 5) is 17.1. The lowest BCUT2D eigenvalue weighted by atomic mass is 10.0. The van der Waals surface area contributed by atoms with Gasteiger partial charge in [0.15, 0.2) is 5.76 Å². The molecule has 0 unspecified atom stereocenters. The molecule has 1 aromatic heterocycles. The van der Waals surface area contributed by atoms with E-state index < -0.39 is 0 Å². The molecule has 0 aromatic carbocycles. The Hall–Kier alpha value is -1.29. The highest BCUT2D eigenvalue weighted by atomic mass is 16.3. The molecule has 4 heteroatoms. The summed E-state index contributed by atoms with van der Waals surface area (Å²) in [6, 6.07) is 2.76. The van der Waals surface area contributed by atoms with E-state index in [2.05, 4.69) is 11.9 Å². The summed E-state index contributed by atoms with van der Waals surface area (Å²) in [6.45, 7) is 3.96. The van der Waals surface area contributed by atoms with Gasteiger partial charge in [-0.25, -0.2) is 0 Å². The molecule has 19 heavy (non-hydrogen) atoms. The Kier molecular flexibility index (Phi) is 3.35. The minimum absolute atomic E-state index is 0.0744. The van der Waals surface area contributed by atoms with E-state index in [1.165, 1.54) is 12.8 Å². The Morgan fingerprint density at radius 1 is 1.26 bits per heavy atom. The smallest absolute Gasteiger partial charge is 0.290 e. The topological polar surface area (TPSA) is 36.7 Å². The lowest BCUT2D eigenvalue weighted by Gasteiger charge is -2.32. The molecular weight excluding hydrogens is 240 g/mol. The van der Waals surface area contributed by atoms with E-state index in [-0.39, 0.29) is 5.91 Å². The van der Waals surface area contributed by atoms with Gasteiger partial charge in [0.25, 0.3) is 5.91 Å². The van der Waals surface area contributed by atoms with Crippen LogP contribution in [0.25, 0.3) is 0 Å². The third-order valence-electron chi connectivity index (χ3n) is 4.64. The molecule has 2 fully saturated rings. The van der Waals surface area contributed by atoms with Crippen molar-refractivity contribution in [1.82, 2.24) is 9.80 Å². The van der Waals surface area contributed by atoms with Gasteiger partial charge in [-0.3, -0.25) is 4.79 Å². The van der Waals surface area contributed by atoms with Crippen LogP contribution in [0.1, 0.15) is 41.8 Å². The van der Waals surface area contributed by atoms with Crippen LogP contribution in [0.4, 0.5) is 0 Å². The Balaban J connectivity index is 1.80. The minimum atomic E-state index is 0.0744. The molecule has 2 atom stereocenters. The Labute approximate surface area is 114 Å². The number of furan rings is 1. The van der Waals surface area contributed by atoms with Crippen LogP contribution in [-0.2, 0) is 0 Å². The van der Waals surface area contributed by atoms with Crippen molar-refractivity contribution in [3.63, 3.8) is 0 Å². The van der Waals surface area contributed by atoms with E-state index in [4.69, 9.17) is 4.42 Å². The summed E-state index contributed by atoms with van der Waals surface area (Å²) < 4.78 is 5.37. The van der Waals surface area contributed by atoms with Crippen LogP contribution < -0.4 is 0 Å². The molecular formula is C15H22N2O2. The average molecular weight is 262 g/mol. The molecule has 0 N–H and O–H groups in total. The standard InChI is InChI=1S/C15H22N2O2/c1-11-7-10-19-14(11)15(18)17-9-4-6-13(17)12-5-3-8-16(12)2/h7,10,12-13H,3-6,8-9H2,1-2H3/t12-,13-/m1/s1. The highest BCUT2D eigenvalue weighted by Crippen LogP contribution is 2.30. The molecule has 1 aromatic rings. The predicted molar refractivity (Wildman–Crippen MR) is 73.2 cm³/mol. The van der Waals surface area contributed by atoms with Gasteiger partial charge in [0.2, 0.25) is 0 Å². The molecule has 3 rings (SSSR count). The quantitative estimate of drug-likeness (QED) is 0.820. The molecule has 2 aliphatic rings. The molecule has 0 bridgehead atoms. The molecule has 0 spiro atoms. The van der Waals surface area contributed by atoms with E-state index in [1.54, 1.807) is 6.26 Å². The van der Waals surface area contributed by atoms with Crippen molar-refractivity contribution < 1.29 is 9.21 Å². The minimum Gasteiger partial charge on any atom is -0.459 e. The second kappa shape index (κ2) is 5.00. The first kappa shape index (κ1) is 12.7. The fraction of sp³-hybridized carbons (Fsp3) is 0.667. The SMILES string of the molecule is Cc1ccoc1C(=O)N1CCC[C@@H]1[C@H]1CCCN1C. The van der Waals surface area contributed by atoms with Gasteiger partial charge in [0.1, 0.15) is 0 Å². The molecule has 3 heterocycles. The largest absolute Gasteiger partial charge is 0.459 e. The van der Waals surface area contributed by atoms with Gasteiger partial charge in [0, 0.05) is 24.2 Å². The molecule has 4 nitrogen and oxygen atoms in total. The van der Waals surface area contributed by atoms with Crippen LogP contribution in [0.5, 0.6) is 0 Å². The van der Waals surface area contributed by atoms with Gasteiger partial charge in [0.05, 0.1) is 6.26 Å². The maximum Gasteiger partial charge on any atom is 0.290 e. The summed E-state index contributed by atoms with van der Waals surface area (Å²) in [7, 11) is 2.18. The number of carbonyl (C=O) groups excluding carboxylic acids is 1. The number of hydrogen-bond donors (Lipinski definition) is 0. The Morgan fingerprint density at radius 2 is 2.00 bits per heavy atom. The summed E-state index contributed by atoms with van der Waals surface area (Å²) >= 11 is 0. The number of hydrogen-bond acceptors (Lipinski definition) is 3. The normalized spacial score (nSPS) is 28.2. The van der Waals surface area contributed by atoms with E-state index in [0.717, 1.165) is 31.5 Å². The van der Waals surface area contributed by atoms with E-state index in [9.17, 15) is 4.79 Å². The van der Waals surface area contributed by atoms with E-state index in [0.29, 0.717) is 17.8 Å². The summed E-state index contributed by atoms with van der Waals surface area (Å²) in [6.07, 6.45) is 6.30. The Morgan fingerprint density at radius 3 is 2.63 bits per heavy atom. The number of carbonyl (C=O) groups is 1. The fourth-order valence-electron chi connectivity index (χ4n) is 3.59. The van der Waals surface area contributed by atoms with Crippen molar-refractivity contribution in [1.29, 1.82) is 0 Å². The lowest BCUT2D eigenvalue weighted by Crippen LogP contribution is -2.47. The summed E-state index contributed by atoms with van der Waals surface area (Å²) in [5.74, 6) is 0.595. The number of amides is 1. The zero-order valence-corrected chi connectivity index (χ0v) is 11.8. The number of aryl methyl sites for hydroxylation is 1. The van der Waals surface area contributed by atoms with Crippen molar-refractivity contribution >= 4 is 5.91 Å².